The summed E-state index contributed by atoms with van der Waals surface area (Å²) in [5.74, 6) is 0.523. The van der Waals surface area contributed by atoms with Crippen LogP contribution in [0, 0.1) is 0 Å². The summed E-state index contributed by atoms with van der Waals surface area (Å²) in [6, 6.07) is 4.73. The van der Waals surface area contributed by atoms with Crippen molar-refractivity contribution in [1.29, 1.82) is 0 Å². The lowest BCUT2D eigenvalue weighted by atomic mass is 9.94. The number of thioether (sulfide) groups is 1. The minimum atomic E-state index is -0.624. The molecule has 1 amide bonds. The van der Waals surface area contributed by atoms with Gasteiger partial charge in [-0.15, -0.1) is 0 Å². The van der Waals surface area contributed by atoms with E-state index in [9.17, 15) is 9.59 Å². The zero-order valence-electron chi connectivity index (χ0n) is 15.9. The van der Waals surface area contributed by atoms with E-state index < -0.39 is 12.0 Å². The Hall–Kier alpha value is -2.48. The van der Waals surface area contributed by atoms with Crippen molar-refractivity contribution in [3.05, 3.63) is 35.0 Å². The highest BCUT2D eigenvalue weighted by atomic mass is 32.2. The van der Waals surface area contributed by atoms with Crippen molar-refractivity contribution in [3.8, 4) is 11.5 Å². The topological polar surface area (TPSA) is 77.4 Å². The Bertz CT molecular complexity index is 849. The van der Waals surface area contributed by atoms with Crippen LogP contribution in [0.25, 0.3) is 0 Å². The van der Waals surface area contributed by atoms with E-state index in [0.29, 0.717) is 34.4 Å². The van der Waals surface area contributed by atoms with E-state index in [0.717, 1.165) is 5.56 Å². The largest absolute Gasteiger partial charge is 0.493 e. The molecule has 0 saturated carbocycles. The van der Waals surface area contributed by atoms with Crippen molar-refractivity contribution in [2.45, 2.75) is 31.6 Å². The third kappa shape index (κ3) is 3.18. The van der Waals surface area contributed by atoms with Crippen molar-refractivity contribution in [1.82, 2.24) is 4.90 Å². The molecular formula is C19H22N2O5S. The average Bonchev–Trinajstić information content (AvgIpc) is 3.00. The number of ether oxygens (including phenoxy) is 3. The molecule has 2 heterocycles. The molecule has 0 aromatic heterocycles. The second kappa shape index (κ2) is 7.64. The first-order chi connectivity index (χ1) is 13.0. The van der Waals surface area contributed by atoms with Gasteiger partial charge < -0.3 is 14.2 Å². The predicted molar refractivity (Wildman–Crippen MR) is 103 cm³/mol. The zero-order valence-corrected chi connectivity index (χ0v) is 16.8. The highest BCUT2D eigenvalue weighted by Crippen LogP contribution is 2.45. The molecule has 2 atom stereocenters. The van der Waals surface area contributed by atoms with E-state index in [1.807, 2.05) is 13.0 Å². The molecule has 2 aliphatic rings. The molecule has 1 aromatic carbocycles. The number of esters is 1. The number of carbonyl (C=O) groups is 2. The molecule has 1 aromatic rings. The Balaban J connectivity index is 2.17. The number of aliphatic imine (C=N–C) groups is 1. The first-order valence-corrected chi connectivity index (χ1v) is 9.44. The second-order valence-corrected chi connectivity index (χ2v) is 7.29. The summed E-state index contributed by atoms with van der Waals surface area (Å²) < 4.78 is 15.7. The summed E-state index contributed by atoms with van der Waals surface area (Å²) >= 11 is 1.43. The van der Waals surface area contributed by atoms with Crippen molar-refractivity contribution in [2.24, 2.45) is 4.99 Å². The molecule has 7 nitrogen and oxygen atoms in total. The predicted octanol–water partition coefficient (Wildman–Crippen LogP) is 2.92. The molecule has 1 fully saturated rings. The molecule has 2 unspecified atom stereocenters. The Morgan fingerprint density at radius 2 is 1.93 bits per heavy atom. The fraction of sp³-hybridized carbons (Fsp3) is 0.421. The number of nitrogens with zero attached hydrogens (tertiary/aromatic N) is 2. The van der Waals surface area contributed by atoms with E-state index in [1.54, 1.807) is 38.2 Å². The number of rotatable bonds is 5. The lowest BCUT2D eigenvalue weighted by Gasteiger charge is -2.33. The van der Waals surface area contributed by atoms with Gasteiger partial charge in [0.1, 0.15) is 0 Å². The van der Waals surface area contributed by atoms with Crippen LogP contribution < -0.4 is 9.47 Å². The number of allylic oxidation sites excluding steroid dienone is 1. The molecule has 27 heavy (non-hydrogen) atoms. The van der Waals surface area contributed by atoms with E-state index >= 15 is 0 Å². The maximum atomic E-state index is 13.0. The maximum Gasteiger partial charge on any atom is 0.338 e. The van der Waals surface area contributed by atoms with Crippen LogP contribution in [0.3, 0.4) is 0 Å². The number of methoxy groups -OCH3 is 3. The Morgan fingerprint density at radius 1 is 1.22 bits per heavy atom. The van der Waals surface area contributed by atoms with Gasteiger partial charge in [0.15, 0.2) is 16.7 Å². The van der Waals surface area contributed by atoms with Crippen molar-refractivity contribution < 1.29 is 23.8 Å². The van der Waals surface area contributed by atoms with Gasteiger partial charge in [0.2, 0.25) is 5.91 Å². The minimum absolute atomic E-state index is 0.0602. The number of amidine groups is 1. The van der Waals surface area contributed by atoms with Crippen molar-refractivity contribution in [2.75, 3.05) is 21.3 Å². The van der Waals surface area contributed by atoms with Crippen LogP contribution in [-0.4, -0.2) is 48.5 Å². The monoisotopic (exact) mass is 390 g/mol. The molecule has 0 N–H and O–H groups in total. The number of hydrogen-bond acceptors (Lipinski definition) is 7. The average molecular weight is 390 g/mol. The van der Waals surface area contributed by atoms with E-state index in [1.165, 1.54) is 18.9 Å². The normalized spacial score (nSPS) is 21.7. The Morgan fingerprint density at radius 3 is 2.52 bits per heavy atom. The minimum Gasteiger partial charge on any atom is -0.493 e. The first-order valence-electron chi connectivity index (χ1n) is 8.56. The zero-order chi connectivity index (χ0) is 19.7. The molecule has 0 bridgehead atoms. The molecule has 1 saturated heterocycles. The third-order valence-corrected chi connectivity index (χ3v) is 5.97. The Labute approximate surface area is 162 Å². The fourth-order valence-electron chi connectivity index (χ4n) is 3.30. The highest BCUT2D eigenvalue weighted by molar-refractivity contribution is 8.15. The summed E-state index contributed by atoms with van der Waals surface area (Å²) in [7, 11) is 4.42. The molecule has 0 aliphatic carbocycles. The van der Waals surface area contributed by atoms with Gasteiger partial charge in [0.25, 0.3) is 0 Å². The lowest BCUT2D eigenvalue weighted by molar-refractivity contribution is -0.137. The summed E-state index contributed by atoms with van der Waals surface area (Å²) in [5.41, 5.74) is 1.62. The SMILES string of the molecule is CCC1SC2=NC(C)=C(C(=O)OC)C(c3ccc(OC)c(OC)c3)N2C1=O. The molecule has 8 heteroatoms. The first kappa shape index (κ1) is 19.3. The molecular weight excluding hydrogens is 368 g/mol. The van der Waals surface area contributed by atoms with Gasteiger partial charge in [-0.3, -0.25) is 9.69 Å². The van der Waals surface area contributed by atoms with Crippen LogP contribution in [-0.2, 0) is 14.3 Å². The standard InChI is InChI=1S/C19H22N2O5S/c1-6-14-17(22)21-16(11-7-8-12(24-3)13(9-11)25-4)15(18(23)26-5)10(2)20-19(21)27-14/h7-9,14,16H,6H2,1-5H3. The van der Waals surface area contributed by atoms with Gasteiger partial charge in [-0.25, -0.2) is 9.79 Å². The van der Waals surface area contributed by atoms with Crippen LogP contribution in [0.1, 0.15) is 31.9 Å². The summed E-state index contributed by atoms with van der Waals surface area (Å²) in [6.07, 6.45) is 0.685. The van der Waals surface area contributed by atoms with Gasteiger partial charge in [-0.2, -0.15) is 0 Å². The lowest BCUT2D eigenvalue weighted by Crippen LogP contribution is -2.40. The van der Waals surface area contributed by atoms with E-state index in [-0.39, 0.29) is 11.2 Å². The number of carbonyl (C=O) groups excluding carboxylic acids is 2. The van der Waals surface area contributed by atoms with Crippen LogP contribution in [0.2, 0.25) is 0 Å². The summed E-state index contributed by atoms with van der Waals surface area (Å²) in [6.45, 7) is 3.72. The fourth-order valence-corrected chi connectivity index (χ4v) is 4.43. The maximum absolute atomic E-state index is 13.0. The quantitative estimate of drug-likeness (QED) is 0.720. The van der Waals surface area contributed by atoms with Gasteiger partial charge in [-0.1, -0.05) is 24.8 Å². The van der Waals surface area contributed by atoms with Gasteiger partial charge in [0, 0.05) is 0 Å². The van der Waals surface area contributed by atoms with Crippen LogP contribution in [0.5, 0.6) is 11.5 Å². The number of amides is 1. The van der Waals surface area contributed by atoms with Crippen molar-refractivity contribution >= 4 is 28.8 Å². The van der Waals surface area contributed by atoms with Crippen LogP contribution >= 0.6 is 11.8 Å². The van der Waals surface area contributed by atoms with Gasteiger partial charge >= 0.3 is 5.97 Å². The number of fused-ring (bicyclic) bond motifs is 1. The third-order valence-electron chi connectivity index (χ3n) is 4.65. The summed E-state index contributed by atoms with van der Waals surface area (Å²) in [5, 5.41) is 0.396. The van der Waals surface area contributed by atoms with Gasteiger partial charge in [0.05, 0.1) is 43.9 Å². The van der Waals surface area contributed by atoms with Crippen LogP contribution in [0.15, 0.2) is 34.5 Å². The summed E-state index contributed by atoms with van der Waals surface area (Å²) in [4.78, 5) is 31.6. The molecule has 144 valence electrons. The van der Waals surface area contributed by atoms with Crippen molar-refractivity contribution in [3.63, 3.8) is 0 Å². The van der Waals surface area contributed by atoms with Crippen LogP contribution in [0.4, 0.5) is 0 Å². The number of hydrogen-bond donors (Lipinski definition) is 0. The van der Waals surface area contributed by atoms with E-state index in [2.05, 4.69) is 4.99 Å². The second-order valence-electron chi connectivity index (χ2n) is 6.12. The highest BCUT2D eigenvalue weighted by Gasteiger charge is 2.47. The number of benzene rings is 1. The molecule has 3 rings (SSSR count). The van der Waals surface area contributed by atoms with Gasteiger partial charge in [-0.05, 0) is 31.0 Å². The molecule has 0 spiro atoms. The Kier molecular flexibility index (Phi) is 5.46. The molecule has 0 radical (unpaired) electrons. The molecule has 2 aliphatic heterocycles. The van der Waals surface area contributed by atoms with E-state index in [4.69, 9.17) is 14.2 Å². The smallest absolute Gasteiger partial charge is 0.338 e.